The zero-order valence-corrected chi connectivity index (χ0v) is 10.3. The van der Waals surface area contributed by atoms with Gasteiger partial charge in [0, 0.05) is 6.54 Å². The highest BCUT2D eigenvalue weighted by atomic mass is 32.1. The molecule has 0 unspecified atom stereocenters. The fourth-order valence-electron chi connectivity index (χ4n) is 1.98. The highest BCUT2D eigenvalue weighted by molar-refractivity contribution is 7.07. The van der Waals surface area contributed by atoms with Gasteiger partial charge in [-0.25, -0.2) is 0 Å². The lowest BCUT2D eigenvalue weighted by Crippen LogP contribution is -2.47. The van der Waals surface area contributed by atoms with E-state index in [1.165, 1.54) is 0 Å². The number of aliphatic carboxylic acids is 1. The molecule has 1 saturated carbocycles. The van der Waals surface area contributed by atoms with Crippen LogP contribution in [0.15, 0.2) is 16.8 Å². The van der Waals surface area contributed by atoms with Gasteiger partial charge >= 0.3 is 5.97 Å². The van der Waals surface area contributed by atoms with E-state index in [0.29, 0.717) is 19.3 Å². The summed E-state index contributed by atoms with van der Waals surface area (Å²) in [5, 5.41) is 15.7. The summed E-state index contributed by atoms with van der Waals surface area (Å²) in [5.41, 5.74) is 0.273. The molecule has 1 aliphatic rings. The van der Waals surface area contributed by atoms with Gasteiger partial charge in [-0.3, -0.25) is 9.59 Å². The van der Waals surface area contributed by atoms with Gasteiger partial charge in [0.2, 0.25) is 5.91 Å². The molecule has 5 heteroatoms. The van der Waals surface area contributed by atoms with E-state index in [-0.39, 0.29) is 12.5 Å². The minimum Gasteiger partial charge on any atom is -0.481 e. The molecule has 17 heavy (non-hydrogen) atoms. The van der Waals surface area contributed by atoms with Crippen LogP contribution in [0.4, 0.5) is 0 Å². The predicted molar refractivity (Wildman–Crippen MR) is 65.0 cm³/mol. The van der Waals surface area contributed by atoms with Gasteiger partial charge in [0.25, 0.3) is 0 Å². The van der Waals surface area contributed by atoms with Crippen molar-refractivity contribution in [2.24, 2.45) is 5.41 Å². The summed E-state index contributed by atoms with van der Waals surface area (Å²) in [5.74, 6) is -0.893. The molecule has 92 valence electrons. The van der Waals surface area contributed by atoms with Gasteiger partial charge in [0.15, 0.2) is 0 Å². The molecule has 0 aliphatic heterocycles. The maximum absolute atomic E-state index is 11.6. The van der Waals surface area contributed by atoms with Gasteiger partial charge < -0.3 is 10.4 Å². The molecular formula is C12H15NO3S. The number of carbonyl (C=O) groups excluding carboxylic acids is 1. The van der Waals surface area contributed by atoms with E-state index in [4.69, 9.17) is 5.11 Å². The Hall–Kier alpha value is -1.36. The summed E-state index contributed by atoms with van der Waals surface area (Å²) in [6.07, 6.45) is 2.61. The lowest BCUT2D eigenvalue weighted by atomic mass is 9.69. The van der Waals surface area contributed by atoms with Gasteiger partial charge in [0.1, 0.15) is 0 Å². The largest absolute Gasteiger partial charge is 0.481 e. The van der Waals surface area contributed by atoms with E-state index in [9.17, 15) is 9.59 Å². The summed E-state index contributed by atoms with van der Waals surface area (Å²) in [7, 11) is 0. The van der Waals surface area contributed by atoms with Crippen LogP contribution in [0.3, 0.4) is 0 Å². The van der Waals surface area contributed by atoms with Crippen LogP contribution in [0.2, 0.25) is 0 Å². The number of carbonyl (C=O) groups is 2. The van der Waals surface area contributed by atoms with Crippen LogP contribution in [0.1, 0.15) is 24.8 Å². The second kappa shape index (κ2) is 4.87. The Morgan fingerprint density at radius 2 is 2.24 bits per heavy atom. The summed E-state index contributed by atoms with van der Waals surface area (Å²) in [6, 6.07) is 1.90. The SMILES string of the molecule is O=C(Cc1ccsc1)NCC1(C(=O)O)CCC1. The van der Waals surface area contributed by atoms with Crippen molar-refractivity contribution in [2.45, 2.75) is 25.7 Å². The normalized spacial score (nSPS) is 17.2. The summed E-state index contributed by atoms with van der Waals surface area (Å²) in [6.45, 7) is 0.255. The van der Waals surface area contributed by atoms with Crippen molar-refractivity contribution in [2.75, 3.05) is 6.54 Å². The zero-order chi connectivity index (χ0) is 12.3. The molecule has 0 bridgehead atoms. The second-order valence-corrected chi connectivity index (χ2v) is 5.30. The third-order valence-corrected chi connectivity index (χ3v) is 4.07. The fourth-order valence-corrected chi connectivity index (χ4v) is 2.65. The van der Waals surface area contributed by atoms with Crippen molar-refractivity contribution >= 4 is 23.2 Å². The van der Waals surface area contributed by atoms with Crippen molar-refractivity contribution in [1.82, 2.24) is 5.32 Å². The van der Waals surface area contributed by atoms with E-state index >= 15 is 0 Å². The molecule has 0 radical (unpaired) electrons. The van der Waals surface area contributed by atoms with Crippen molar-refractivity contribution < 1.29 is 14.7 Å². The number of carboxylic acid groups (broad SMARTS) is 1. The number of thiophene rings is 1. The van der Waals surface area contributed by atoms with Gasteiger partial charge in [-0.05, 0) is 35.2 Å². The van der Waals surface area contributed by atoms with Gasteiger partial charge in [0.05, 0.1) is 11.8 Å². The van der Waals surface area contributed by atoms with Crippen LogP contribution < -0.4 is 5.32 Å². The first-order chi connectivity index (χ1) is 8.12. The lowest BCUT2D eigenvalue weighted by molar-refractivity contribution is -0.154. The van der Waals surface area contributed by atoms with Gasteiger partial charge in [-0.1, -0.05) is 6.42 Å². The number of hydrogen-bond donors (Lipinski definition) is 2. The van der Waals surface area contributed by atoms with Crippen LogP contribution in [0, 0.1) is 5.41 Å². The zero-order valence-electron chi connectivity index (χ0n) is 9.44. The summed E-state index contributed by atoms with van der Waals surface area (Å²) < 4.78 is 0. The Kier molecular flexibility index (Phi) is 3.47. The molecule has 0 spiro atoms. The van der Waals surface area contributed by atoms with Crippen molar-refractivity contribution in [3.8, 4) is 0 Å². The second-order valence-electron chi connectivity index (χ2n) is 4.52. The predicted octanol–water partition coefficient (Wildman–Crippen LogP) is 1.66. The first-order valence-corrected chi connectivity index (χ1v) is 6.58. The van der Waals surface area contributed by atoms with Crippen LogP contribution in [-0.4, -0.2) is 23.5 Å². The number of amides is 1. The van der Waals surface area contributed by atoms with Crippen LogP contribution >= 0.6 is 11.3 Å². The molecule has 1 aliphatic carbocycles. The monoisotopic (exact) mass is 253 g/mol. The van der Waals surface area contributed by atoms with Gasteiger partial charge in [-0.2, -0.15) is 11.3 Å². The Morgan fingerprint density at radius 1 is 1.47 bits per heavy atom. The topological polar surface area (TPSA) is 66.4 Å². The number of carboxylic acids is 1. The maximum atomic E-state index is 11.6. The average molecular weight is 253 g/mol. The molecule has 0 aromatic carbocycles. The molecule has 1 aromatic heterocycles. The molecule has 0 saturated heterocycles. The Bertz CT molecular complexity index is 409. The van der Waals surface area contributed by atoms with Crippen molar-refractivity contribution in [1.29, 1.82) is 0 Å². The van der Waals surface area contributed by atoms with E-state index in [2.05, 4.69) is 5.32 Å². The minimum atomic E-state index is -0.792. The molecule has 1 heterocycles. The summed E-state index contributed by atoms with van der Waals surface area (Å²) in [4.78, 5) is 22.7. The Labute approximate surface area is 104 Å². The molecule has 1 aromatic rings. The van der Waals surface area contributed by atoms with E-state index in [1.807, 2.05) is 16.8 Å². The fraction of sp³-hybridized carbons (Fsp3) is 0.500. The van der Waals surface area contributed by atoms with E-state index < -0.39 is 11.4 Å². The number of hydrogen-bond acceptors (Lipinski definition) is 3. The molecule has 1 fully saturated rings. The third-order valence-electron chi connectivity index (χ3n) is 3.33. The van der Waals surface area contributed by atoms with Crippen LogP contribution in [0.25, 0.3) is 0 Å². The quantitative estimate of drug-likeness (QED) is 0.838. The first kappa shape index (κ1) is 12.1. The molecular weight excluding hydrogens is 238 g/mol. The first-order valence-electron chi connectivity index (χ1n) is 5.64. The third kappa shape index (κ3) is 2.66. The van der Waals surface area contributed by atoms with Crippen LogP contribution in [-0.2, 0) is 16.0 Å². The maximum Gasteiger partial charge on any atom is 0.311 e. The number of rotatable bonds is 5. The van der Waals surface area contributed by atoms with Gasteiger partial charge in [-0.15, -0.1) is 0 Å². The lowest BCUT2D eigenvalue weighted by Gasteiger charge is -2.37. The van der Waals surface area contributed by atoms with E-state index in [1.54, 1.807) is 11.3 Å². The smallest absolute Gasteiger partial charge is 0.311 e. The minimum absolute atomic E-state index is 0.101. The van der Waals surface area contributed by atoms with Crippen LogP contribution in [0.5, 0.6) is 0 Å². The molecule has 0 atom stereocenters. The summed E-state index contributed by atoms with van der Waals surface area (Å²) >= 11 is 1.55. The van der Waals surface area contributed by atoms with Crippen molar-refractivity contribution in [3.05, 3.63) is 22.4 Å². The Balaban J connectivity index is 1.82. The molecule has 2 rings (SSSR count). The van der Waals surface area contributed by atoms with Crippen molar-refractivity contribution in [3.63, 3.8) is 0 Å². The highest BCUT2D eigenvalue weighted by Crippen LogP contribution is 2.40. The standard InChI is InChI=1S/C12H15NO3S/c14-10(6-9-2-5-17-7-9)13-8-12(11(15)16)3-1-4-12/h2,5,7H,1,3-4,6,8H2,(H,13,14)(H,15,16). The average Bonchev–Trinajstić information content (AvgIpc) is 2.68. The number of nitrogens with one attached hydrogen (secondary N) is 1. The molecule has 4 nitrogen and oxygen atoms in total. The highest BCUT2D eigenvalue weighted by Gasteiger charge is 2.44. The van der Waals surface area contributed by atoms with E-state index in [0.717, 1.165) is 12.0 Å². The Morgan fingerprint density at radius 3 is 2.71 bits per heavy atom. The molecule has 1 amide bonds. The molecule has 2 N–H and O–H groups in total.